The molecule has 0 saturated carbocycles. The SMILES string of the molecule is CC1(C)CC(Nc2cc3c(cc2Cl)OCCO3)CCO1. The topological polar surface area (TPSA) is 39.7 Å². The smallest absolute Gasteiger partial charge is 0.163 e. The van der Waals surface area contributed by atoms with E-state index in [1.165, 1.54) is 0 Å². The van der Waals surface area contributed by atoms with Crippen LogP contribution >= 0.6 is 11.6 Å². The highest BCUT2D eigenvalue weighted by Crippen LogP contribution is 2.39. The van der Waals surface area contributed by atoms with Crippen molar-refractivity contribution in [2.24, 2.45) is 0 Å². The highest BCUT2D eigenvalue weighted by molar-refractivity contribution is 6.33. The molecule has 2 heterocycles. The van der Waals surface area contributed by atoms with E-state index in [4.69, 9.17) is 25.8 Å². The zero-order chi connectivity index (χ0) is 14.2. The Bertz CT molecular complexity index is 504. The zero-order valence-corrected chi connectivity index (χ0v) is 12.6. The fraction of sp³-hybridized carbons (Fsp3) is 0.600. The Hall–Kier alpha value is -1.13. The molecule has 0 aliphatic carbocycles. The van der Waals surface area contributed by atoms with Crippen molar-refractivity contribution >= 4 is 17.3 Å². The molecule has 4 nitrogen and oxygen atoms in total. The van der Waals surface area contributed by atoms with Gasteiger partial charge in [-0.15, -0.1) is 0 Å². The maximum Gasteiger partial charge on any atom is 0.163 e. The van der Waals surface area contributed by atoms with Gasteiger partial charge in [-0.3, -0.25) is 0 Å². The summed E-state index contributed by atoms with van der Waals surface area (Å²) in [4.78, 5) is 0. The van der Waals surface area contributed by atoms with Gasteiger partial charge in [-0.25, -0.2) is 0 Å². The van der Waals surface area contributed by atoms with Crippen LogP contribution in [0.4, 0.5) is 5.69 Å². The average molecular weight is 298 g/mol. The van der Waals surface area contributed by atoms with E-state index in [9.17, 15) is 0 Å². The van der Waals surface area contributed by atoms with Crippen molar-refractivity contribution in [1.29, 1.82) is 0 Å². The first-order valence-electron chi connectivity index (χ1n) is 7.03. The van der Waals surface area contributed by atoms with Crippen LogP contribution < -0.4 is 14.8 Å². The third kappa shape index (κ3) is 2.96. The van der Waals surface area contributed by atoms with Gasteiger partial charge in [0.2, 0.25) is 0 Å². The van der Waals surface area contributed by atoms with Crippen LogP contribution in [0.3, 0.4) is 0 Å². The first-order chi connectivity index (χ1) is 9.53. The Morgan fingerprint density at radius 1 is 1.15 bits per heavy atom. The Morgan fingerprint density at radius 3 is 2.55 bits per heavy atom. The third-order valence-corrected chi connectivity index (χ3v) is 4.00. The monoisotopic (exact) mass is 297 g/mol. The highest BCUT2D eigenvalue weighted by atomic mass is 35.5. The molecule has 20 heavy (non-hydrogen) atoms. The molecule has 2 aliphatic heterocycles. The maximum absolute atomic E-state index is 6.32. The molecule has 1 aromatic rings. The van der Waals surface area contributed by atoms with Gasteiger partial charge in [-0.05, 0) is 26.7 Å². The first-order valence-corrected chi connectivity index (χ1v) is 7.41. The Labute approximate surface area is 124 Å². The number of hydrogen-bond donors (Lipinski definition) is 1. The molecule has 0 amide bonds. The molecule has 0 aromatic heterocycles. The van der Waals surface area contributed by atoms with Gasteiger partial charge in [0, 0.05) is 24.8 Å². The Morgan fingerprint density at radius 2 is 1.85 bits per heavy atom. The van der Waals surface area contributed by atoms with Gasteiger partial charge in [0.25, 0.3) is 0 Å². The van der Waals surface area contributed by atoms with Gasteiger partial charge in [0.1, 0.15) is 13.2 Å². The molecule has 0 bridgehead atoms. The van der Waals surface area contributed by atoms with Crippen LogP contribution in [0.15, 0.2) is 12.1 Å². The molecule has 1 N–H and O–H groups in total. The van der Waals surface area contributed by atoms with E-state index in [0.29, 0.717) is 24.3 Å². The van der Waals surface area contributed by atoms with Crippen molar-refractivity contribution in [1.82, 2.24) is 0 Å². The van der Waals surface area contributed by atoms with Crippen LogP contribution in [0.25, 0.3) is 0 Å². The summed E-state index contributed by atoms with van der Waals surface area (Å²) in [6.45, 7) is 6.16. The molecule has 1 unspecified atom stereocenters. The Kier molecular flexibility index (Phi) is 3.69. The molecule has 2 aliphatic rings. The lowest BCUT2D eigenvalue weighted by Gasteiger charge is -2.36. The lowest BCUT2D eigenvalue weighted by molar-refractivity contribution is -0.0553. The van der Waals surface area contributed by atoms with E-state index in [2.05, 4.69) is 19.2 Å². The summed E-state index contributed by atoms with van der Waals surface area (Å²) in [6.07, 6.45) is 1.94. The minimum absolute atomic E-state index is 0.0871. The summed E-state index contributed by atoms with van der Waals surface area (Å²) < 4.78 is 16.9. The van der Waals surface area contributed by atoms with Gasteiger partial charge < -0.3 is 19.5 Å². The first kappa shape index (κ1) is 13.8. The van der Waals surface area contributed by atoms with Crippen LogP contribution in [0.1, 0.15) is 26.7 Å². The van der Waals surface area contributed by atoms with Gasteiger partial charge in [0.05, 0.1) is 16.3 Å². The van der Waals surface area contributed by atoms with Crippen molar-refractivity contribution in [3.05, 3.63) is 17.2 Å². The van der Waals surface area contributed by atoms with E-state index in [-0.39, 0.29) is 5.60 Å². The summed E-state index contributed by atoms with van der Waals surface area (Å²) in [7, 11) is 0. The van der Waals surface area contributed by atoms with Crippen molar-refractivity contribution < 1.29 is 14.2 Å². The minimum atomic E-state index is -0.0871. The Balaban J connectivity index is 1.77. The van der Waals surface area contributed by atoms with E-state index in [1.807, 2.05) is 12.1 Å². The molecular formula is C15H20ClNO3. The molecular weight excluding hydrogens is 278 g/mol. The summed E-state index contributed by atoms with van der Waals surface area (Å²) in [6, 6.07) is 4.11. The minimum Gasteiger partial charge on any atom is -0.486 e. The molecule has 5 heteroatoms. The number of rotatable bonds is 2. The molecule has 1 aromatic carbocycles. The maximum atomic E-state index is 6.32. The quantitative estimate of drug-likeness (QED) is 0.907. The second-order valence-electron chi connectivity index (χ2n) is 5.92. The number of ether oxygens (including phenoxy) is 3. The average Bonchev–Trinajstić information content (AvgIpc) is 2.38. The molecule has 0 spiro atoms. The predicted octanol–water partition coefficient (Wildman–Crippen LogP) is 3.48. The van der Waals surface area contributed by atoms with Gasteiger partial charge in [0.15, 0.2) is 11.5 Å². The van der Waals surface area contributed by atoms with Crippen LogP contribution in [0.5, 0.6) is 11.5 Å². The van der Waals surface area contributed by atoms with E-state index >= 15 is 0 Å². The van der Waals surface area contributed by atoms with E-state index in [0.717, 1.165) is 36.6 Å². The molecule has 1 saturated heterocycles. The van der Waals surface area contributed by atoms with Crippen LogP contribution in [-0.4, -0.2) is 31.5 Å². The lowest BCUT2D eigenvalue weighted by atomic mass is 9.94. The normalized spacial score (nSPS) is 24.2. The standard InChI is InChI=1S/C15H20ClNO3/c1-15(2)9-10(3-4-20-15)17-12-8-14-13(7-11(12)16)18-5-6-19-14/h7-8,10,17H,3-6,9H2,1-2H3. The largest absolute Gasteiger partial charge is 0.486 e. The number of halogens is 1. The molecule has 110 valence electrons. The summed E-state index contributed by atoms with van der Waals surface area (Å²) >= 11 is 6.32. The van der Waals surface area contributed by atoms with Gasteiger partial charge in [-0.2, -0.15) is 0 Å². The third-order valence-electron chi connectivity index (χ3n) is 3.69. The van der Waals surface area contributed by atoms with Gasteiger partial charge >= 0.3 is 0 Å². The zero-order valence-electron chi connectivity index (χ0n) is 11.9. The summed E-state index contributed by atoms with van der Waals surface area (Å²) in [5, 5.41) is 4.17. The highest BCUT2D eigenvalue weighted by Gasteiger charge is 2.29. The fourth-order valence-electron chi connectivity index (χ4n) is 2.75. The second kappa shape index (κ2) is 5.34. The fourth-order valence-corrected chi connectivity index (χ4v) is 2.96. The molecule has 1 atom stereocenters. The summed E-state index contributed by atoms with van der Waals surface area (Å²) in [5.41, 5.74) is 0.814. The number of anilines is 1. The van der Waals surface area contributed by atoms with Crippen molar-refractivity contribution in [3.63, 3.8) is 0 Å². The van der Waals surface area contributed by atoms with E-state index < -0.39 is 0 Å². The predicted molar refractivity (Wildman–Crippen MR) is 79.1 cm³/mol. The number of benzene rings is 1. The lowest BCUT2D eigenvalue weighted by Crippen LogP contribution is -2.40. The van der Waals surface area contributed by atoms with Crippen molar-refractivity contribution in [2.45, 2.75) is 38.3 Å². The van der Waals surface area contributed by atoms with E-state index in [1.54, 1.807) is 0 Å². The van der Waals surface area contributed by atoms with Crippen LogP contribution in [-0.2, 0) is 4.74 Å². The number of hydrogen-bond acceptors (Lipinski definition) is 4. The molecule has 0 radical (unpaired) electrons. The van der Waals surface area contributed by atoms with Crippen LogP contribution in [0.2, 0.25) is 5.02 Å². The number of nitrogens with one attached hydrogen (secondary N) is 1. The van der Waals surface area contributed by atoms with Crippen molar-refractivity contribution in [3.8, 4) is 11.5 Å². The molecule has 3 rings (SSSR count). The van der Waals surface area contributed by atoms with Crippen molar-refractivity contribution in [2.75, 3.05) is 25.1 Å². The second-order valence-corrected chi connectivity index (χ2v) is 6.33. The molecule has 1 fully saturated rings. The number of fused-ring (bicyclic) bond motifs is 1. The van der Waals surface area contributed by atoms with Gasteiger partial charge in [-0.1, -0.05) is 11.6 Å². The van der Waals surface area contributed by atoms with Crippen LogP contribution in [0, 0.1) is 0 Å². The summed E-state index contributed by atoms with van der Waals surface area (Å²) in [5.74, 6) is 1.48.